The maximum absolute atomic E-state index is 10.5. The van der Waals surface area contributed by atoms with Gasteiger partial charge in [0, 0.05) is 12.2 Å². The lowest BCUT2D eigenvalue weighted by Gasteiger charge is -1.74. The molecule has 1 aromatic heterocycles. The number of hydrogen-bond donors (Lipinski definition) is 2. The summed E-state index contributed by atoms with van der Waals surface area (Å²) in [7, 11) is 0. The molecule has 18 heavy (non-hydrogen) atoms. The van der Waals surface area contributed by atoms with Gasteiger partial charge in [-0.2, -0.15) is 9.98 Å². The minimum atomic E-state index is -1.26. The molecule has 2 amide bonds. The minimum absolute atomic E-state index is 0.361. The fourth-order valence-electron chi connectivity index (χ4n) is 0.842. The number of fused-ring (bicyclic) bond motifs is 1. The number of rotatable bonds is 2. The summed E-state index contributed by atoms with van der Waals surface area (Å²) in [4.78, 5) is 44.0. The van der Waals surface area contributed by atoms with Crippen LogP contribution in [0.4, 0.5) is 4.79 Å². The molecule has 1 aliphatic heterocycles. The van der Waals surface area contributed by atoms with Crippen LogP contribution in [-0.2, 0) is 9.59 Å². The molecule has 0 fully saturated rings. The zero-order chi connectivity index (χ0) is 13.5. The van der Waals surface area contributed by atoms with Gasteiger partial charge in [-0.1, -0.05) is 0 Å². The minimum Gasteiger partial charge on any atom is -0.478 e. The van der Waals surface area contributed by atoms with Crippen molar-refractivity contribution < 1.29 is 24.6 Å². The topological polar surface area (TPSA) is 142 Å². The number of urea groups is 1. The summed E-state index contributed by atoms with van der Waals surface area (Å²) in [6.07, 6.45) is 3.90. The van der Waals surface area contributed by atoms with E-state index in [9.17, 15) is 14.4 Å². The quantitative estimate of drug-likeness (QED) is 0.612. The number of carbonyl (C=O) groups is 3. The van der Waals surface area contributed by atoms with E-state index < -0.39 is 18.0 Å². The summed E-state index contributed by atoms with van der Waals surface area (Å²) in [5.41, 5.74) is 0.361. The van der Waals surface area contributed by atoms with Crippen LogP contribution in [0, 0.1) is 0 Å². The Hall–Kier alpha value is -2.97. The first kappa shape index (κ1) is 13.1. The van der Waals surface area contributed by atoms with E-state index in [0.717, 1.165) is 0 Å². The summed E-state index contributed by atoms with van der Waals surface area (Å²) < 4.78 is 0. The predicted octanol–water partition coefficient (Wildman–Crippen LogP) is -1.44. The van der Waals surface area contributed by atoms with Gasteiger partial charge in [-0.05, 0) is 0 Å². The lowest BCUT2D eigenvalue weighted by molar-refractivity contribution is -0.134. The van der Waals surface area contributed by atoms with E-state index in [1.165, 1.54) is 12.5 Å². The standard InChI is InChI=1S/C5H2N4O.C4H4O4/c10-5-8-3-1-6-2-7-4(3)9-5;5-3(6)1-2-4(7)8/h1-2H;1-2H,(H,5,6)(H,7,8). The summed E-state index contributed by atoms with van der Waals surface area (Å²) in [5, 5.41) is 16.1. The average Bonchev–Trinajstić information content (AvgIpc) is 2.67. The van der Waals surface area contributed by atoms with Gasteiger partial charge >= 0.3 is 18.0 Å². The van der Waals surface area contributed by atoms with E-state index >= 15 is 0 Å². The first-order valence-corrected chi connectivity index (χ1v) is 4.40. The second kappa shape index (κ2) is 5.94. The smallest absolute Gasteiger partial charge is 0.369 e. The highest BCUT2D eigenvalue weighted by molar-refractivity contribution is 5.89. The fourth-order valence-corrected chi connectivity index (χ4v) is 0.842. The van der Waals surface area contributed by atoms with Crippen molar-refractivity contribution in [3.63, 3.8) is 0 Å². The van der Waals surface area contributed by atoms with Gasteiger partial charge in [-0.25, -0.2) is 24.4 Å². The Morgan fingerprint density at radius 3 is 2.22 bits per heavy atom. The van der Waals surface area contributed by atoms with Crippen LogP contribution in [-0.4, -0.2) is 38.2 Å². The number of carboxylic acids is 2. The number of nitrogens with zero attached hydrogens (tertiary/aromatic N) is 4. The molecule has 0 aliphatic carbocycles. The molecule has 1 aliphatic rings. The van der Waals surface area contributed by atoms with Crippen LogP contribution >= 0.6 is 0 Å². The lowest BCUT2D eigenvalue weighted by atomic mass is 10.5. The first-order chi connectivity index (χ1) is 8.49. The zero-order valence-electron chi connectivity index (χ0n) is 8.72. The van der Waals surface area contributed by atoms with Crippen molar-refractivity contribution in [3.8, 4) is 0 Å². The van der Waals surface area contributed by atoms with Crippen molar-refractivity contribution >= 4 is 18.0 Å². The first-order valence-electron chi connectivity index (χ1n) is 4.40. The lowest BCUT2D eigenvalue weighted by Crippen LogP contribution is -2.25. The predicted molar refractivity (Wildman–Crippen MR) is 54.2 cm³/mol. The second-order valence-electron chi connectivity index (χ2n) is 2.75. The number of amides is 2. The van der Waals surface area contributed by atoms with Crippen LogP contribution in [0.15, 0.2) is 34.7 Å². The van der Waals surface area contributed by atoms with Crippen LogP contribution in [0.25, 0.3) is 0 Å². The van der Waals surface area contributed by atoms with Gasteiger partial charge in [0.05, 0.1) is 6.20 Å². The van der Waals surface area contributed by atoms with E-state index in [0.29, 0.717) is 23.0 Å². The summed E-state index contributed by atoms with van der Waals surface area (Å²) >= 11 is 0. The Balaban J connectivity index is 0.000000187. The molecule has 0 bridgehead atoms. The summed E-state index contributed by atoms with van der Waals surface area (Å²) in [5.74, 6) is -2.51. The summed E-state index contributed by atoms with van der Waals surface area (Å²) in [6, 6.07) is -0.504. The monoisotopic (exact) mass is 250 g/mol. The molecule has 0 spiro atoms. The molecule has 0 unspecified atom stereocenters. The Labute approximate surface area is 98.9 Å². The molecule has 0 radical (unpaired) electrons. The van der Waals surface area contributed by atoms with Gasteiger partial charge < -0.3 is 10.2 Å². The van der Waals surface area contributed by atoms with E-state index in [1.54, 1.807) is 0 Å². The highest BCUT2D eigenvalue weighted by atomic mass is 16.4. The summed E-state index contributed by atoms with van der Waals surface area (Å²) in [6.45, 7) is 0. The highest BCUT2D eigenvalue weighted by Gasteiger charge is 2.03. The molecule has 2 heterocycles. The van der Waals surface area contributed by atoms with E-state index in [2.05, 4.69) is 20.0 Å². The highest BCUT2D eigenvalue weighted by Crippen LogP contribution is 1.79. The molecule has 0 saturated heterocycles. The molecular weight excluding hydrogens is 244 g/mol. The number of carboxylic acid groups (broad SMARTS) is 2. The third-order valence-electron chi connectivity index (χ3n) is 1.46. The second-order valence-corrected chi connectivity index (χ2v) is 2.75. The normalized spacial score (nSPS) is 11.9. The average molecular weight is 250 g/mol. The van der Waals surface area contributed by atoms with E-state index in [4.69, 9.17) is 10.2 Å². The number of hydrogen-bond acceptors (Lipinski definition) is 5. The van der Waals surface area contributed by atoms with E-state index in [-0.39, 0.29) is 0 Å². The van der Waals surface area contributed by atoms with Crippen LogP contribution in [0.5, 0.6) is 0 Å². The molecule has 0 saturated carbocycles. The van der Waals surface area contributed by atoms with Gasteiger partial charge in [-0.3, -0.25) is 0 Å². The third-order valence-corrected chi connectivity index (χ3v) is 1.46. The fraction of sp³-hybridized carbons (Fsp3) is 0. The van der Waals surface area contributed by atoms with Crippen molar-refractivity contribution in [1.82, 2.24) is 9.97 Å². The maximum atomic E-state index is 10.5. The van der Waals surface area contributed by atoms with Gasteiger partial charge in [-0.15, -0.1) is 0 Å². The number of carbonyl (C=O) groups excluding carboxylic acids is 1. The van der Waals surface area contributed by atoms with Crippen LogP contribution in [0.1, 0.15) is 0 Å². The van der Waals surface area contributed by atoms with Crippen molar-refractivity contribution in [2.45, 2.75) is 0 Å². The van der Waals surface area contributed by atoms with Gasteiger partial charge in [0.1, 0.15) is 11.7 Å². The molecule has 1 aromatic rings. The van der Waals surface area contributed by atoms with Crippen molar-refractivity contribution in [3.05, 3.63) is 35.5 Å². The molecule has 2 rings (SSSR count). The van der Waals surface area contributed by atoms with E-state index in [1.807, 2.05) is 0 Å². The molecular formula is C9H6N4O5. The Morgan fingerprint density at radius 1 is 1.11 bits per heavy atom. The number of aromatic nitrogens is 2. The van der Waals surface area contributed by atoms with Crippen LogP contribution in [0.2, 0.25) is 0 Å². The Kier molecular flexibility index (Phi) is 4.32. The van der Waals surface area contributed by atoms with Crippen molar-refractivity contribution in [2.24, 2.45) is 9.98 Å². The zero-order valence-corrected chi connectivity index (χ0v) is 8.72. The van der Waals surface area contributed by atoms with Gasteiger partial charge in [0.25, 0.3) is 0 Å². The van der Waals surface area contributed by atoms with Gasteiger partial charge in [0.15, 0.2) is 5.49 Å². The van der Waals surface area contributed by atoms with Crippen LogP contribution in [0.3, 0.4) is 0 Å². The molecule has 0 aromatic carbocycles. The Morgan fingerprint density at radius 2 is 1.72 bits per heavy atom. The van der Waals surface area contributed by atoms with Crippen LogP contribution < -0.4 is 10.8 Å². The van der Waals surface area contributed by atoms with Gasteiger partial charge in [0.2, 0.25) is 0 Å². The molecule has 2 N–H and O–H groups in total. The molecule has 92 valence electrons. The SMILES string of the molecule is O=C(O)C=CC(=O)O.O=C1N=c2cncnc2=N1. The molecule has 0 atom stereocenters. The maximum Gasteiger partial charge on any atom is 0.369 e. The molecule has 9 nitrogen and oxygen atoms in total. The molecule has 9 heteroatoms. The third kappa shape index (κ3) is 4.26. The number of aliphatic carboxylic acids is 2. The Bertz CT molecular complexity index is 584. The van der Waals surface area contributed by atoms with Crippen molar-refractivity contribution in [2.75, 3.05) is 0 Å². The largest absolute Gasteiger partial charge is 0.478 e. The van der Waals surface area contributed by atoms with Crippen molar-refractivity contribution in [1.29, 1.82) is 0 Å².